The van der Waals surface area contributed by atoms with Crippen LogP contribution in [0.4, 0.5) is 0 Å². The van der Waals surface area contributed by atoms with Crippen LogP contribution in [0.15, 0.2) is 5.11 Å². The predicted molar refractivity (Wildman–Crippen MR) is 44.3 cm³/mol. The lowest BCUT2D eigenvalue weighted by Crippen LogP contribution is -2.19. The van der Waals surface area contributed by atoms with Crippen LogP contribution >= 0.6 is 0 Å². The van der Waals surface area contributed by atoms with E-state index in [-0.39, 0.29) is 5.60 Å². The minimum absolute atomic E-state index is 0.0869. The van der Waals surface area contributed by atoms with Crippen LogP contribution in [0.1, 0.15) is 27.2 Å². The second kappa shape index (κ2) is 4.99. The number of nitrogens with zero attached hydrogens (tertiary/aromatic N) is 3. The zero-order chi connectivity index (χ0) is 8.74. The van der Waals surface area contributed by atoms with Gasteiger partial charge in [-0.2, -0.15) is 0 Å². The Morgan fingerprint density at radius 1 is 1.45 bits per heavy atom. The SMILES string of the molecule is CC(C)(C)OCCCN=[N+]=[N-]. The van der Waals surface area contributed by atoms with E-state index in [4.69, 9.17) is 10.3 Å². The van der Waals surface area contributed by atoms with Gasteiger partial charge in [-0.25, -0.2) is 0 Å². The van der Waals surface area contributed by atoms with Crippen molar-refractivity contribution in [1.82, 2.24) is 0 Å². The highest BCUT2D eigenvalue weighted by atomic mass is 16.5. The maximum Gasteiger partial charge on any atom is 0.0598 e. The maximum absolute atomic E-state index is 7.94. The average molecular weight is 157 g/mol. The molecule has 0 aromatic heterocycles. The molecule has 0 fully saturated rings. The summed E-state index contributed by atoms with van der Waals surface area (Å²) in [4.78, 5) is 2.64. The summed E-state index contributed by atoms with van der Waals surface area (Å²) in [6.45, 7) is 7.18. The van der Waals surface area contributed by atoms with Crippen LogP contribution in [-0.4, -0.2) is 18.8 Å². The monoisotopic (exact) mass is 157 g/mol. The van der Waals surface area contributed by atoms with E-state index >= 15 is 0 Å². The van der Waals surface area contributed by atoms with Crippen LogP contribution in [0.2, 0.25) is 0 Å². The fraction of sp³-hybridized carbons (Fsp3) is 1.00. The molecule has 0 amide bonds. The van der Waals surface area contributed by atoms with E-state index in [2.05, 4.69) is 10.0 Å². The third-order valence-electron chi connectivity index (χ3n) is 1.00. The Kier molecular flexibility index (Phi) is 4.66. The highest BCUT2D eigenvalue weighted by Gasteiger charge is 2.08. The van der Waals surface area contributed by atoms with Crippen LogP contribution in [0, 0.1) is 0 Å². The van der Waals surface area contributed by atoms with Crippen molar-refractivity contribution in [1.29, 1.82) is 0 Å². The summed E-state index contributed by atoms with van der Waals surface area (Å²) in [7, 11) is 0. The summed E-state index contributed by atoms with van der Waals surface area (Å²) in [5.41, 5.74) is 7.86. The molecule has 0 atom stereocenters. The van der Waals surface area contributed by atoms with Crippen LogP contribution in [0.5, 0.6) is 0 Å². The number of hydrogen-bond donors (Lipinski definition) is 0. The zero-order valence-electron chi connectivity index (χ0n) is 7.37. The Morgan fingerprint density at radius 2 is 2.09 bits per heavy atom. The average Bonchev–Trinajstić information content (AvgIpc) is 1.85. The molecule has 0 heterocycles. The van der Waals surface area contributed by atoms with Crippen LogP contribution in [0.25, 0.3) is 10.4 Å². The minimum atomic E-state index is -0.0869. The largest absolute Gasteiger partial charge is 0.376 e. The summed E-state index contributed by atoms with van der Waals surface area (Å²) in [5.74, 6) is 0. The molecular weight excluding hydrogens is 142 g/mol. The first-order valence-corrected chi connectivity index (χ1v) is 3.71. The van der Waals surface area contributed by atoms with E-state index in [9.17, 15) is 0 Å². The Bertz CT molecular complexity index is 144. The second-order valence-corrected chi connectivity index (χ2v) is 3.27. The standard InChI is InChI=1S/C7H15N3O/c1-7(2,3)11-6-4-5-9-10-8/h4-6H2,1-3H3. The molecule has 0 N–H and O–H groups in total. The molecule has 4 nitrogen and oxygen atoms in total. The van der Waals surface area contributed by atoms with Gasteiger partial charge < -0.3 is 4.74 Å². The van der Waals surface area contributed by atoms with Gasteiger partial charge in [0.05, 0.1) is 5.60 Å². The van der Waals surface area contributed by atoms with E-state index in [1.54, 1.807) is 0 Å². The molecule has 0 radical (unpaired) electrons. The maximum atomic E-state index is 7.94. The fourth-order valence-electron chi connectivity index (χ4n) is 0.558. The van der Waals surface area contributed by atoms with E-state index in [1.165, 1.54) is 0 Å². The predicted octanol–water partition coefficient (Wildman–Crippen LogP) is 2.50. The first-order chi connectivity index (χ1) is 5.06. The van der Waals surface area contributed by atoms with Crippen LogP contribution < -0.4 is 0 Å². The number of rotatable bonds is 4. The highest BCUT2D eigenvalue weighted by molar-refractivity contribution is 4.58. The van der Waals surface area contributed by atoms with Gasteiger partial charge in [0.25, 0.3) is 0 Å². The van der Waals surface area contributed by atoms with E-state index < -0.39 is 0 Å². The first-order valence-electron chi connectivity index (χ1n) is 3.71. The summed E-state index contributed by atoms with van der Waals surface area (Å²) >= 11 is 0. The van der Waals surface area contributed by atoms with Crippen molar-refractivity contribution in [3.63, 3.8) is 0 Å². The van der Waals surface area contributed by atoms with E-state index in [0.29, 0.717) is 13.2 Å². The molecular formula is C7H15N3O. The normalized spacial score (nSPS) is 10.8. The molecule has 64 valence electrons. The second-order valence-electron chi connectivity index (χ2n) is 3.27. The third-order valence-corrected chi connectivity index (χ3v) is 1.00. The molecule has 0 aliphatic carbocycles. The summed E-state index contributed by atoms with van der Waals surface area (Å²) in [6.07, 6.45) is 0.793. The van der Waals surface area contributed by atoms with Crippen molar-refractivity contribution in [3.05, 3.63) is 10.4 Å². The molecule has 0 unspecified atom stereocenters. The van der Waals surface area contributed by atoms with Crippen molar-refractivity contribution in [2.24, 2.45) is 5.11 Å². The third kappa shape index (κ3) is 9.27. The molecule has 0 rings (SSSR count). The Labute approximate surface area is 67.2 Å². The molecule has 0 spiro atoms. The number of ether oxygens (including phenoxy) is 1. The number of hydrogen-bond acceptors (Lipinski definition) is 2. The summed E-state index contributed by atoms with van der Waals surface area (Å²) in [6, 6.07) is 0. The molecule has 0 saturated carbocycles. The van der Waals surface area contributed by atoms with Gasteiger partial charge in [-0.3, -0.25) is 0 Å². The van der Waals surface area contributed by atoms with Gasteiger partial charge >= 0.3 is 0 Å². The van der Waals surface area contributed by atoms with Crippen molar-refractivity contribution >= 4 is 0 Å². The van der Waals surface area contributed by atoms with E-state index in [0.717, 1.165) is 6.42 Å². The smallest absolute Gasteiger partial charge is 0.0598 e. The van der Waals surface area contributed by atoms with Gasteiger partial charge in [-0.1, -0.05) is 5.11 Å². The topological polar surface area (TPSA) is 58.0 Å². The van der Waals surface area contributed by atoms with Crippen molar-refractivity contribution < 1.29 is 4.74 Å². The van der Waals surface area contributed by atoms with Crippen LogP contribution in [-0.2, 0) is 4.74 Å². The summed E-state index contributed by atoms with van der Waals surface area (Å²) < 4.78 is 5.39. The molecule has 4 heteroatoms. The molecule has 0 aromatic rings. The molecule has 0 saturated heterocycles. The molecule has 0 aromatic carbocycles. The van der Waals surface area contributed by atoms with Crippen molar-refractivity contribution in [3.8, 4) is 0 Å². The lowest BCUT2D eigenvalue weighted by Gasteiger charge is -2.18. The highest BCUT2D eigenvalue weighted by Crippen LogP contribution is 2.06. The van der Waals surface area contributed by atoms with Gasteiger partial charge in [0.2, 0.25) is 0 Å². The van der Waals surface area contributed by atoms with Crippen molar-refractivity contribution in [2.75, 3.05) is 13.2 Å². The van der Waals surface area contributed by atoms with Gasteiger partial charge in [0, 0.05) is 18.1 Å². The van der Waals surface area contributed by atoms with Crippen molar-refractivity contribution in [2.45, 2.75) is 32.8 Å². The molecule has 0 aliphatic rings. The van der Waals surface area contributed by atoms with Crippen LogP contribution in [0.3, 0.4) is 0 Å². The lowest BCUT2D eigenvalue weighted by atomic mass is 10.2. The zero-order valence-corrected chi connectivity index (χ0v) is 7.37. The number of azide groups is 1. The Morgan fingerprint density at radius 3 is 2.55 bits per heavy atom. The quantitative estimate of drug-likeness (QED) is 0.267. The first kappa shape index (κ1) is 10.3. The van der Waals surface area contributed by atoms with Gasteiger partial charge in [-0.05, 0) is 32.7 Å². The van der Waals surface area contributed by atoms with Gasteiger partial charge in [0.15, 0.2) is 0 Å². The summed E-state index contributed by atoms with van der Waals surface area (Å²) in [5, 5.41) is 3.39. The Balaban J connectivity index is 3.21. The molecule has 11 heavy (non-hydrogen) atoms. The molecule has 0 aliphatic heterocycles. The molecule has 0 bridgehead atoms. The minimum Gasteiger partial charge on any atom is -0.376 e. The van der Waals surface area contributed by atoms with E-state index in [1.807, 2.05) is 20.8 Å². The Hall–Kier alpha value is -0.730. The van der Waals surface area contributed by atoms with Gasteiger partial charge in [0.1, 0.15) is 0 Å². The lowest BCUT2D eigenvalue weighted by molar-refractivity contribution is -0.00310. The van der Waals surface area contributed by atoms with Gasteiger partial charge in [-0.15, -0.1) is 0 Å². The fourth-order valence-corrected chi connectivity index (χ4v) is 0.558.